The highest BCUT2D eigenvalue weighted by Crippen LogP contribution is 2.29. The van der Waals surface area contributed by atoms with E-state index >= 15 is 0 Å². The van der Waals surface area contributed by atoms with Gasteiger partial charge in [0, 0.05) is 5.92 Å². The molecule has 1 rings (SSSR count). The Morgan fingerprint density at radius 1 is 1.40 bits per heavy atom. The van der Waals surface area contributed by atoms with Gasteiger partial charge >= 0.3 is 0 Å². The summed E-state index contributed by atoms with van der Waals surface area (Å²) in [6.45, 7) is -0.838. The predicted molar refractivity (Wildman–Crippen MR) is 36.9 cm³/mol. The van der Waals surface area contributed by atoms with Crippen LogP contribution in [0.5, 0.6) is 0 Å². The molecule has 1 aliphatic carbocycles. The number of hydrogen-bond acceptors (Lipinski definition) is 0. The molecule has 0 heterocycles. The van der Waals surface area contributed by atoms with Crippen LogP contribution >= 0.6 is 0 Å². The molecule has 0 bridgehead atoms. The Morgan fingerprint density at radius 3 is 2.50 bits per heavy atom. The first-order valence-electron chi connectivity index (χ1n) is 3.71. The van der Waals surface area contributed by atoms with Gasteiger partial charge in [-0.2, -0.15) is 0 Å². The van der Waals surface area contributed by atoms with Crippen molar-refractivity contribution in [2.24, 2.45) is 0 Å². The lowest BCUT2D eigenvalue weighted by Crippen LogP contribution is -2.18. The van der Waals surface area contributed by atoms with Crippen molar-refractivity contribution in [1.82, 2.24) is 0 Å². The first kappa shape index (κ1) is 7.96. The molecule has 1 aliphatic rings. The van der Waals surface area contributed by atoms with Crippen molar-refractivity contribution in [3.63, 3.8) is 0 Å². The second-order valence-corrected chi connectivity index (χ2v) is 2.65. The van der Waals surface area contributed by atoms with Gasteiger partial charge in [0.05, 0.1) is 0 Å². The largest absolute Gasteiger partial charge is 0.248 e. The fourth-order valence-corrected chi connectivity index (χ4v) is 1.27. The van der Waals surface area contributed by atoms with E-state index < -0.39 is 12.8 Å². The topological polar surface area (TPSA) is 0 Å². The normalized spacial score (nSPS) is 24.6. The van der Waals surface area contributed by atoms with E-state index in [1.807, 2.05) is 0 Å². The summed E-state index contributed by atoms with van der Waals surface area (Å²) in [6, 6.07) is 0. The van der Waals surface area contributed by atoms with Gasteiger partial charge in [-0.25, -0.2) is 8.78 Å². The molecule has 2 heteroatoms. The van der Waals surface area contributed by atoms with E-state index in [1.165, 1.54) is 0 Å². The lowest BCUT2D eigenvalue weighted by Gasteiger charge is -2.22. The Morgan fingerprint density at radius 2 is 2.00 bits per heavy atom. The second kappa shape index (κ2) is 3.89. The molecule has 1 fully saturated rings. The third kappa shape index (κ3) is 1.93. The number of halogens is 2. The minimum atomic E-state index is -1.28. The predicted octanol–water partition coefficient (Wildman–Crippen LogP) is 2.65. The van der Waals surface area contributed by atoms with Crippen molar-refractivity contribution in [3.8, 4) is 0 Å². The molecule has 2 radical (unpaired) electrons. The van der Waals surface area contributed by atoms with E-state index in [9.17, 15) is 8.78 Å². The van der Waals surface area contributed by atoms with Crippen LogP contribution in [0.2, 0.25) is 0 Å². The molecule has 0 aliphatic heterocycles. The van der Waals surface area contributed by atoms with Gasteiger partial charge in [0.1, 0.15) is 12.8 Å². The summed E-state index contributed by atoms with van der Waals surface area (Å²) in [5.74, 6) is 0.769. The summed E-state index contributed by atoms with van der Waals surface area (Å²) >= 11 is 0. The van der Waals surface area contributed by atoms with Crippen LogP contribution in [0.3, 0.4) is 0 Å². The quantitative estimate of drug-likeness (QED) is 0.561. The lowest BCUT2D eigenvalue weighted by atomic mass is 9.86. The van der Waals surface area contributed by atoms with Gasteiger partial charge in [-0.05, 0) is 32.1 Å². The number of alkyl halides is 2. The van der Waals surface area contributed by atoms with E-state index in [-0.39, 0.29) is 0 Å². The summed E-state index contributed by atoms with van der Waals surface area (Å²) < 4.78 is 24.4. The molecule has 0 aromatic rings. The molecule has 0 nitrogen and oxygen atoms in total. The van der Waals surface area contributed by atoms with Crippen molar-refractivity contribution in [2.45, 2.75) is 31.9 Å². The van der Waals surface area contributed by atoms with Gasteiger partial charge < -0.3 is 0 Å². The Labute approximate surface area is 60.6 Å². The smallest absolute Gasteiger partial charge is 0.135 e. The molecule has 10 heavy (non-hydrogen) atoms. The third-order valence-electron chi connectivity index (χ3n) is 1.92. The van der Waals surface area contributed by atoms with Crippen LogP contribution in [0.15, 0.2) is 0 Å². The monoisotopic (exact) mass is 146 g/mol. The Hall–Kier alpha value is -0.140. The number of hydrogen-bond donors (Lipinski definition) is 0. The molecule has 0 amide bonds. The minimum absolute atomic E-state index is 0.755. The van der Waals surface area contributed by atoms with E-state index in [1.54, 1.807) is 0 Å². The SMILES string of the molecule is FCC(F)[C]1CC[CH]CC1. The molecule has 1 saturated carbocycles. The van der Waals surface area contributed by atoms with Crippen LogP contribution in [-0.4, -0.2) is 12.8 Å². The highest BCUT2D eigenvalue weighted by atomic mass is 19.2. The van der Waals surface area contributed by atoms with Crippen LogP contribution < -0.4 is 0 Å². The molecule has 0 N–H and O–H groups in total. The fraction of sp³-hybridized carbons (Fsp3) is 0.750. The van der Waals surface area contributed by atoms with Gasteiger partial charge in [0.15, 0.2) is 0 Å². The molecule has 1 atom stereocenters. The Bertz CT molecular complexity index is 87.3. The summed E-state index contributed by atoms with van der Waals surface area (Å²) in [6.07, 6.45) is 4.21. The zero-order valence-electron chi connectivity index (χ0n) is 5.95. The van der Waals surface area contributed by atoms with Gasteiger partial charge in [0.2, 0.25) is 0 Å². The first-order chi connectivity index (χ1) is 4.84. The maximum atomic E-state index is 12.6. The number of rotatable bonds is 2. The molecule has 1 unspecified atom stereocenters. The summed E-state index contributed by atoms with van der Waals surface area (Å²) in [4.78, 5) is 0. The summed E-state index contributed by atoms with van der Waals surface area (Å²) in [5.41, 5.74) is 0. The zero-order chi connectivity index (χ0) is 7.40. The van der Waals surface area contributed by atoms with Crippen molar-refractivity contribution in [1.29, 1.82) is 0 Å². The standard InChI is InChI=1S/C8H12F2/c9-6-8(10)7-4-2-1-3-5-7/h1,8H,2-6H2. The van der Waals surface area contributed by atoms with Crippen LogP contribution in [0.4, 0.5) is 8.78 Å². The molecule has 0 spiro atoms. The molecular weight excluding hydrogens is 134 g/mol. The van der Waals surface area contributed by atoms with Crippen LogP contribution in [0.1, 0.15) is 25.7 Å². The van der Waals surface area contributed by atoms with Crippen molar-refractivity contribution < 1.29 is 8.78 Å². The first-order valence-corrected chi connectivity index (χ1v) is 3.71. The van der Waals surface area contributed by atoms with Gasteiger partial charge in [-0.1, -0.05) is 0 Å². The highest BCUT2D eigenvalue weighted by molar-refractivity contribution is 5.02. The fourth-order valence-electron chi connectivity index (χ4n) is 1.27. The minimum Gasteiger partial charge on any atom is -0.248 e. The summed E-state index contributed by atoms with van der Waals surface area (Å²) in [7, 11) is 0. The van der Waals surface area contributed by atoms with Gasteiger partial charge in [-0.3, -0.25) is 0 Å². The van der Waals surface area contributed by atoms with Crippen LogP contribution in [0, 0.1) is 12.3 Å². The van der Waals surface area contributed by atoms with Crippen LogP contribution in [0.25, 0.3) is 0 Å². The summed E-state index contributed by atoms with van der Waals surface area (Å²) in [5, 5.41) is 0. The van der Waals surface area contributed by atoms with E-state index in [0.29, 0.717) is 0 Å². The third-order valence-corrected chi connectivity index (χ3v) is 1.92. The van der Waals surface area contributed by atoms with Crippen molar-refractivity contribution in [3.05, 3.63) is 12.3 Å². The molecular formula is C8H12F2. The lowest BCUT2D eigenvalue weighted by molar-refractivity contribution is 0.251. The van der Waals surface area contributed by atoms with E-state index in [0.717, 1.165) is 31.6 Å². The second-order valence-electron chi connectivity index (χ2n) is 2.65. The average Bonchev–Trinajstić information content (AvgIpc) is 2.05. The molecule has 0 saturated heterocycles. The Balaban J connectivity index is 2.24. The maximum Gasteiger partial charge on any atom is 0.135 e. The van der Waals surface area contributed by atoms with Crippen molar-refractivity contribution >= 4 is 0 Å². The maximum absolute atomic E-state index is 12.6. The van der Waals surface area contributed by atoms with E-state index in [2.05, 4.69) is 6.42 Å². The van der Waals surface area contributed by atoms with Gasteiger partial charge in [0.25, 0.3) is 0 Å². The molecule has 0 aromatic heterocycles. The average molecular weight is 146 g/mol. The zero-order valence-corrected chi connectivity index (χ0v) is 5.95. The van der Waals surface area contributed by atoms with Gasteiger partial charge in [-0.15, -0.1) is 0 Å². The van der Waals surface area contributed by atoms with Crippen LogP contribution in [-0.2, 0) is 0 Å². The van der Waals surface area contributed by atoms with E-state index in [4.69, 9.17) is 0 Å². The molecule has 0 aromatic carbocycles. The Kier molecular flexibility index (Phi) is 3.10. The molecule has 58 valence electrons. The highest BCUT2D eigenvalue weighted by Gasteiger charge is 2.23. The van der Waals surface area contributed by atoms with Crippen molar-refractivity contribution in [2.75, 3.05) is 6.67 Å².